The molecular formula is C26H25Cl2Zr-. The predicted octanol–water partition coefficient (Wildman–Crippen LogP) is 9.01. The Morgan fingerprint density at radius 1 is 0.793 bits per heavy atom. The second-order valence-electron chi connectivity index (χ2n) is 7.75. The van der Waals surface area contributed by atoms with Crippen molar-refractivity contribution in [3.05, 3.63) is 89.5 Å². The maximum atomic E-state index is 4.93. The molecule has 0 nitrogen and oxygen atoms in total. The van der Waals surface area contributed by atoms with Gasteiger partial charge in [0.1, 0.15) is 0 Å². The minimum atomic E-state index is -0.826. The van der Waals surface area contributed by atoms with Crippen molar-refractivity contribution in [3.8, 4) is 22.3 Å². The average molecular weight is 500 g/mol. The average Bonchev–Trinajstić information content (AvgIpc) is 3.12. The molecule has 0 N–H and O–H groups in total. The number of hydrogen-bond donors (Lipinski definition) is 0. The van der Waals surface area contributed by atoms with E-state index < -0.39 is 20.8 Å². The van der Waals surface area contributed by atoms with E-state index in [2.05, 4.69) is 100 Å². The van der Waals surface area contributed by atoms with Gasteiger partial charge in [0.05, 0.1) is 0 Å². The number of benzene rings is 3. The van der Waals surface area contributed by atoms with Crippen LogP contribution < -0.4 is 0 Å². The molecule has 0 aliphatic heterocycles. The van der Waals surface area contributed by atoms with Crippen molar-refractivity contribution in [1.29, 1.82) is 0 Å². The Balaban J connectivity index is 0.000000755. The van der Waals surface area contributed by atoms with E-state index in [-0.39, 0.29) is 0 Å². The standard InChI is InChI=1S/C26H25.2ClH.Zr/c1-17(2)24-11-10-21-15-22(20-8-6-5-7-9-20)16-25(21)26(24)23-13-18(3)12-19(4)14-23;;;/h5-17H,1-4H3;2*1H;/q-1;;;+2/p-2. The minimum absolute atomic E-state index is 0.491. The fourth-order valence-corrected chi connectivity index (χ4v) is 4.02. The number of hydrogen-bond acceptors (Lipinski definition) is 0. The van der Waals surface area contributed by atoms with E-state index in [1.165, 1.54) is 49.7 Å². The first-order valence-corrected chi connectivity index (χ1v) is 16.1. The fourth-order valence-electron chi connectivity index (χ4n) is 4.02. The molecule has 0 aliphatic carbocycles. The quantitative estimate of drug-likeness (QED) is 0.247. The number of aryl methyl sites for hydroxylation is 2. The van der Waals surface area contributed by atoms with Gasteiger partial charge in [-0.05, 0) is 30.9 Å². The summed E-state index contributed by atoms with van der Waals surface area (Å²) in [5.74, 6) is 0.491. The van der Waals surface area contributed by atoms with Crippen molar-refractivity contribution in [2.75, 3.05) is 0 Å². The molecule has 0 amide bonds. The normalized spacial score (nSPS) is 10.7. The molecule has 0 spiro atoms. The molecule has 0 aromatic heterocycles. The second kappa shape index (κ2) is 10.2. The molecule has 0 radical (unpaired) electrons. The molecule has 0 saturated heterocycles. The van der Waals surface area contributed by atoms with Crippen LogP contribution in [0.2, 0.25) is 0 Å². The molecule has 0 saturated carbocycles. The van der Waals surface area contributed by atoms with Gasteiger partial charge >= 0.3 is 37.9 Å². The second-order valence-corrected chi connectivity index (χ2v) is 11.5. The zero-order valence-electron chi connectivity index (χ0n) is 17.3. The van der Waals surface area contributed by atoms with Crippen LogP contribution >= 0.6 is 17.0 Å². The van der Waals surface area contributed by atoms with Crippen LogP contribution in [-0.2, 0) is 20.8 Å². The predicted molar refractivity (Wildman–Crippen MR) is 126 cm³/mol. The Bertz CT molecular complexity index is 1070. The Morgan fingerprint density at radius 2 is 1.41 bits per heavy atom. The van der Waals surface area contributed by atoms with E-state index in [0.29, 0.717) is 5.92 Å². The zero-order chi connectivity index (χ0) is 21.0. The van der Waals surface area contributed by atoms with Gasteiger partial charge in [0.25, 0.3) is 0 Å². The first kappa shape index (κ1) is 22.4. The third-order valence-electron chi connectivity index (χ3n) is 5.16. The van der Waals surface area contributed by atoms with E-state index in [1.54, 1.807) is 0 Å². The van der Waals surface area contributed by atoms with Gasteiger partial charge in [-0.2, -0.15) is 0 Å². The van der Waals surface area contributed by atoms with Crippen LogP contribution in [0.3, 0.4) is 0 Å². The zero-order valence-corrected chi connectivity index (χ0v) is 21.2. The molecule has 0 atom stereocenters. The van der Waals surface area contributed by atoms with Crippen LogP contribution in [0.4, 0.5) is 0 Å². The molecule has 148 valence electrons. The van der Waals surface area contributed by atoms with Crippen LogP contribution in [0.15, 0.2) is 72.8 Å². The first-order valence-electron chi connectivity index (χ1n) is 9.78. The summed E-state index contributed by atoms with van der Waals surface area (Å²) in [6.45, 7) is 8.95. The monoisotopic (exact) mass is 497 g/mol. The molecule has 0 fully saturated rings. The SMILES string of the molecule is Cc1cc(C)cc(-c2c(C(C)C)ccc3[cH-]c(-c4ccccc4)cc23)c1.[Cl][Zr][Cl]. The molecule has 0 bridgehead atoms. The number of halogens is 2. The summed E-state index contributed by atoms with van der Waals surface area (Å²) in [5, 5.41) is 2.68. The van der Waals surface area contributed by atoms with Crippen LogP contribution in [0, 0.1) is 13.8 Å². The number of rotatable bonds is 3. The summed E-state index contributed by atoms with van der Waals surface area (Å²) in [7, 11) is 9.87. The van der Waals surface area contributed by atoms with Gasteiger partial charge in [-0.25, -0.2) is 0 Å². The molecule has 29 heavy (non-hydrogen) atoms. The molecule has 0 aliphatic rings. The van der Waals surface area contributed by atoms with Gasteiger partial charge < -0.3 is 0 Å². The molecule has 0 unspecified atom stereocenters. The maximum absolute atomic E-state index is 4.93. The third kappa shape index (κ3) is 5.26. The first-order chi connectivity index (χ1) is 13.9. The van der Waals surface area contributed by atoms with Crippen molar-refractivity contribution in [2.24, 2.45) is 0 Å². The van der Waals surface area contributed by atoms with Crippen LogP contribution in [0.5, 0.6) is 0 Å². The van der Waals surface area contributed by atoms with Gasteiger partial charge in [-0.15, -0.1) is 34.5 Å². The van der Waals surface area contributed by atoms with Gasteiger partial charge in [-0.3, -0.25) is 0 Å². The van der Waals surface area contributed by atoms with Crippen LogP contribution in [0.1, 0.15) is 36.5 Å². The molecule has 4 aromatic carbocycles. The topological polar surface area (TPSA) is 0 Å². The van der Waals surface area contributed by atoms with E-state index in [4.69, 9.17) is 17.0 Å². The van der Waals surface area contributed by atoms with Crippen molar-refractivity contribution in [1.82, 2.24) is 0 Å². The van der Waals surface area contributed by atoms with Crippen LogP contribution in [0.25, 0.3) is 33.0 Å². The summed E-state index contributed by atoms with van der Waals surface area (Å²) in [6.07, 6.45) is 0. The summed E-state index contributed by atoms with van der Waals surface area (Å²) in [4.78, 5) is 0. The third-order valence-corrected chi connectivity index (χ3v) is 5.16. The van der Waals surface area contributed by atoms with Crippen molar-refractivity contribution in [3.63, 3.8) is 0 Å². The van der Waals surface area contributed by atoms with Crippen molar-refractivity contribution >= 4 is 27.8 Å². The molecule has 3 heteroatoms. The summed E-state index contributed by atoms with van der Waals surface area (Å²) in [5.41, 5.74) is 9.37. The van der Waals surface area contributed by atoms with Crippen LogP contribution in [-0.4, -0.2) is 0 Å². The Kier molecular flexibility index (Phi) is 7.86. The van der Waals surface area contributed by atoms with E-state index in [1.807, 2.05) is 0 Å². The van der Waals surface area contributed by atoms with Gasteiger partial charge in [-0.1, -0.05) is 90.7 Å². The molecule has 4 rings (SSSR count). The Morgan fingerprint density at radius 3 is 2.00 bits per heavy atom. The summed E-state index contributed by atoms with van der Waals surface area (Å²) < 4.78 is 0. The fraction of sp³-hybridized carbons (Fsp3) is 0.192. The van der Waals surface area contributed by atoms with Crippen molar-refractivity contribution in [2.45, 2.75) is 33.6 Å². The molecular weight excluding hydrogens is 474 g/mol. The van der Waals surface area contributed by atoms with Crippen molar-refractivity contribution < 1.29 is 20.8 Å². The van der Waals surface area contributed by atoms with E-state index in [0.717, 1.165) is 0 Å². The van der Waals surface area contributed by atoms with Gasteiger partial charge in [0.15, 0.2) is 0 Å². The summed E-state index contributed by atoms with van der Waals surface area (Å²) in [6, 6.07) is 26.8. The molecule has 0 heterocycles. The Labute approximate surface area is 192 Å². The van der Waals surface area contributed by atoms with E-state index >= 15 is 0 Å². The Hall–Kier alpha value is -1.27. The number of fused-ring (bicyclic) bond motifs is 1. The van der Waals surface area contributed by atoms with E-state index in [9.17, 15) is 0 Å². The summed E-state index contributed by atoms with van der Waals surface area (Å²) >= 11 is -0.826. The molecule has 4 aromatic rings. The van der Waals surface area contributed by atoms with Gasteiger partial charge in [0.2, 0.25) is 0 Å². The van der Waals surface area contributed by atoms with Gasteiger partial charge in [0, 0.05) is 0 Å².